The van der Waals surface area contributed by atoms with Gasteiger partial charge < -0.3 is 5.11 Å². The summed E-state index contributed by atoms with van der Waals surface area (Å²) in [5.74, 6) is -1.91. The lowest BCUT2D eigenvalue weighted by Gasteiger charge is -2.26. The summed E-state index contributed by atoms with van der Waals surface area (Å²) in [5, 5.41) is 9.61. The zero-order valence-electron chi connectivity index (χ0n) is 27.1. The maximum Gasteiger partial charge on any atom is 0.327 e. The van der Waals surface area contributed by atoms with Crippen LogP contribution in [0.1, 0.15) is 194 Å². The van der Waals surface area contributed by atoms with Crippen LogP contribution in [0.2, 0.25) is 0 Å². The number of unbranched alkanes of at least 4 members (excludes halogenated alkanes) is 24. The van der Waals surface area contributed by atoms with Crippen molar-refractivity contribution >= 4 is 30.4 Å². The van der Waals surface area contributed by atoms with Crippen molar-refractivity contribution in [2.45, 2.75) is 200 Å². The van der Waals surface area contributed by atoms with E-state index in [1.807, 2.05) is 0 Å². The van der Waals surface area contributed by atoms with Crippen LogP contribution < -0.4 is 0 Å². The number of nitrogens with zero attached hydrogens (tertiary/aromatic N) is 1. The van der Waals surface area contributed by atoms with Crippen LogP contribution in [0.25, 0.3) is 0 Å². The van der Waals surface area contributed by atoms with E-state index in [9.17, 15) is 19.5 Å². The van der Waals surface area contributed by atoms with Gasteiger partial charge in [0.15, 0.2) is 0 Å². The number of carbonyl (C=O) groups excluding carboxylic acids is 2. The van der Waals surface area contributed by atoms with Gasteiger partial charge in [-0.2, -0.15) is 12.6 Å². The molecule has 0 aromatic rings. The Hall–Kier alpha value is -1.04. The lowest BCUT2D eigenvalue weighted by atomic mass is 10.0. The van der Waals surface area contributed by atoms with Gasteiger partial charge >= 0.3 is 5.97 Å². The average Bonchev–Trinajstić information content (AvgIpc) is 2.96. The molecule has 0 rings (SSSR count). The number of imide groups is 1. The molecule has 0 bridgehead atoms. The molecule has 242 valence electrons. The molecule has 6 heteroatoms. The van der Waals surface area contributed by atoms with E-state index in [0.717, 1.165) is 30.6 Å². The Morgan fingerprint density at radius 1 is 0.488 bits per heavy atom. The number of carboxylic acids is 1. The quantitative estimate of drug-likeness (QED) is 0.0616. The predicted molar refractivity (Wildman–Crippen MR) is 178 cm³/mol. The van der Waals surface area contributed by atoms with Crippen molar-refractivity contribution in [3.8, 4) is 0 Å². The Labute approximate surface area is 259 Å². The third kappa shape index (κ3) is 24.1. The highest BCUT2D eigenvalue weighted by molar-refractivity contribution is 7.80. The molecule has 0 unspecified atom stereocenters. The zero-order chi connectivity index (χ0) is 30.4. The third-order valence-corrected chi connectivity index (χ3v) is 8.64. The van der Waals surface area contributed by atoms with E-state index in [-0.39, 0.29) is 30.4 Å². The summed E-state index contributed by atoms with van der Waals surface area (Å²) in [7, 11) is 0. The van der Waals surface area contributed by atoms with Gasteiger partial charge in [-0.15, -0.1) is 0 Å². The molecule has 5 nitrogen and oxygen atoms in total. The number of thiol groups is 1. The molecular weight excluding hydrogens is 530 g/mol. The van der Waals surface area contributed by atoms with Crippen LogP contribution in [-0.4, -0.2) is 39.6 Å². The van der Waals surface area contributed by atoms with Crippen molar-refractivity contribution in [2.24, 2.45) is 0 Å². The minimum atomic E-state index is -1.18. The third-order valence-electron chi connectivity index (χ3n) is 8.30. The van der Waals surface area contributed by atoms with Crippen LogP contribution in [0.15, 0.2) is 0 Å². The van der Waals surface area contributed by atoms with E-state index in [1.54, 1.807) is 0 Å². The first kappa shape index (κ1) is 40.0. The molecule has 1 atom stereocenters. The average molecular weight is 598 g/mol. The van der Waals surface area contributed by atoms with Crippen molar-refractivity contribution in [3.63, 3.8) is 0 Å². The van der Waals surface area contributed by atoms with Crippen LogP contribution in [-0.2, 0) is 14.4 Å². The van der Waals surface area contributed by atoms with Gasteiger partial charge in [-0.05, 0) is 12.8 Å². The lowest BCUT2D eigenvalue weighted by Crippen LogP contribution is -2.49. The SMILES string of the molecule is CCCCCCCCCCCCCCCC(=O)N(C(=O)CCCCCCCCCCCCCCC)[C@@H](CS)C(=O)O. The summed E-state index contributed by atoms with van der Waals surface area (Å²) in [4.78, 5) is 38.6. The monoisotopic (exact) mass is 597 g/mol. The molecule has 0 aliphatic carbocycles. The van der Waals surface area contributed by atoms with Crippen LogP contribution in [0.4, 0.5) is 0 Å². The number of aliphatic carboxylic acids is 1. The molecule has 0 aliphatic rings. The molecule has 0 aliphatic heterocycles. The standard InChI is InChI=1S/C35H67NO4S/c1-3-5-7-9-11-13-15-17-19-21-23-25-27-29-33(37)36(32(31-41)35(39)40)34(38)30-28-26-24-22-20-18-16-14-12-10-8-6-4-2/h32,41H,3-31H2,1-2H3,(H,39,40)/t32-/m0/s1. The van der Waals surface area contributed by atoms with E-state index >= 15 is 0 Å². The summed E-state index contributed by atoms with van der Waals surface area (Å²) in [5.41, 5.74) is 0. The van der Waals surface area contributed by atoms with E-state index < -0.39 is 12.0 Å². The van der Waals surface area contributed by atoms with Crippen LogP contribution in [0.3, 0.4) is 0 Å². The summed E-state index contributed by atoms with van der Waals surface area (Å²) in [6.07, 6.45) is 32.2. The first-order valence-corrected chi connectivity index (χ1v) is 18.3. The molecule has 0 aromatic carbocycles. The summed E-state index contributed by atoms with van der Waals surface area (Å²) in [6.45, 7) is 4.50. The minimum absolute atomic E-state index is 0.0516. The molecule has 0 spiro atoms. The fourth-order valence-corrected chi connectivity index (χ4v) is 5.91. The van der Waals surface area contributed by atoms with E-state index in [2.05, 4.69) is 26.5 Å². The molecule has 0 heterocycles. The van der Waals surface area contributed by atoms with Gasteiger partial charge in [-0.25, -0.2) is 4.79 Å². The minimum Gasteiger partial charge on any atom is -0.480 e. The lowest BCUT2D eigenvalue weighted by molar-refractivity contribution is -0.157. The summed E-state index contributed by atoms with van der Waals surface area (Å²) < 4.78 is 0. The van der Waals surface area contributed by atoms with Crippen LogP contribution >= 0.6 is 12.6 Å². The predicted octanol–water partition coefficient (Wildman–Crippen LogP) is 10.7. The second kappa shape index (κ2) is 30.4. The first-order valence-electron chi connectivity index (χ1n) is 17.7. The van der Waals surface area contributed by atoms with E-state index in [0.29, 0.717) is 12.8 Å². The highest BCUT2D eigenvalue weighted by Crippen LogP contribution is 2.17. The Balaban J connectivity index is 4.09. The Bertz CT molecular complexity index is 585. The van der Waals surface area contributed by atoms with Crippen molar-refractivity contribution < 1.29 is 19.5 Å². The maximum absolute atomic E-state index is 12.9. The van der Waals surface area contributed by atoms with Gasteiger partial charge in [-0.3, -0.25) is 14.5 Å². The fraction of sp³-hybridized carbons (Fsp3) is 0.914. The smallest absolute Gasteiger partial charge is 0.327 e. The molecule has 1 N–H and O–H groups in total. The van der Waals surface area contributed by atoms with Gasteiger partial charge in [0.1, 0.15) is 6.04 Å². The van der Waals surface area contributed by atoms with E-state index in [1.165, 1.54) is 128 Å². The van der Waals surface area contributed by atoms with Gasteiger partial charge in [0.05, 0.1) is 0 Å². The largest absolute Gasteiger partial charge is 0.480 e. The molecule has 41 heavy (non-hydrogen) atoms. The summed E-state index contributed by atoms with van der Waals surface area (Å²) >= 11 is 4.14. The Kier molecular flexibility index (Phi) is 29.6. The maximum atomic E-state index is 12.9. The first-order chi connectivity index (χ1) is 20.0. The summed E-state index contributed by atoms with van der Waals surface area (Å²) in [6, 6.07) is -1.18. The molecule has 2 amide bonds. The highest BCUT2D eigenvalue weighted by atomic mass is 32.1. The topological polar surface area (TPSA) is 74.7 Å². The second-order valence-electron chi connectivity index (χ2n) is 12.2. The molecule has 0 radical (unpaired) electrons. The van der Waals surface area contributed by atoms with Crippen molar-refractivity contribution in [2.75, 3.05) is 5.75 Å². The molecular formula is C35H67NO4S. The van der Waals surface area contributed by atoms with Gasteiger partial charge in [0.25, 0.3) is 0 Å². The van der Waals surface area contributed by atoms with Crippen molar-refractivity contribution in [1.82, 2.24) is 4.90 Å². The Morgan fingerprint density at radius 3 is 0.951 bits per heavy atom. The number of hydrogen-bond acceptors (Lipinski definition) is 4. The Morgan fingerprint density at radius 2 is 0.732 bits per heavy atom. The fourth-order valence-electron chi connectivity index (χ4n) is 5.59. The number of carbonyl (C=O) groups is 3. The second-order valence-corrected chi connectivity index (χ2v) is 12.5. The van der Waals surface area contributed by atoms with Gasteiger partial charge in [0.2, 0.25) is 11.8 Å². The molecule has 0 saturated carbocycles. The van der Waals surface area contributed by atoms with E-state index in [4.69, 9.17) is 0 Å². The number of hydrogen-bond donors (Lipinski definition) is 2. The van der Waals surface area contributed by atoms with Crippen molar-refractivity contribution in [3.05, 3.63) is 0 Å². The number of rotatable bonds is 31. The highest BCUT2D eigenvalue weighted by Gasteiger charge is 2.32. The normalized spacial score (nSPS) is 12.0. The van der Waals surface area contributed by atoms with Crippen molar-refractivity contribution in [1.29, 1.82) is 0 Å². The van der Waals surface area contributed by atoms with Crippen LogP contribution in [0.5, 0.6) is 0 Å². The zero-order valence-corrected chi connectivity index (χ0v) is 28.0. The molecule has 0 aromatic heterocycles. The van der Waals surface area contributed by atoms with Crippen LogP contribution in [0, 0.1) is 0 Å². The molecule has 0 saturated heterocycles. The number of amides is 2. The van der Waals surface area contributed by atoms with Gasteiger partial charge in [-0.1, -0.05) is 168 Å². The number of carboxylic acid groups (broad SMARTS) is 1. The van der Waals surface area contributed by atoms with Gasteiger partial charge in [0, 0.05) is 18.6 Å². The molecule has 0 fully saturated rings.